The first-order valence-corrected chi connectivity index (χ1v) is 17.0. The zero-order chi connectivity index (χ0) is 29.7. The third-order valence-electron chi connectivity index (χ3n) is 14.2. The second kappa shape index (κ2) is 10.9. The Morgan fingerprint density at radius 1 is 0.786 bits per heavy atom. The van der Waals surface area contributed by atoms with Gasteiger partial charge in [0.15, 0.2) is 6.29 Å². The van der Waals surface area contributed by atoms with E-state index in [2.05, 4.69) is 25.7 Å². The molecule has 0 amide bonds. The molecule has 0 radical (unpaired) electrons. The highest BCUT2D eigenvalue weighted by Crippen LogP contribution is 2.67. The Labute approximate surface area is 250 Å². The summed E-state index contributed by atoms with van der Waals surface area (Å²) in [5.74, 6) is 3.97. The first kappa shape index (κ1) is 30.3. The van der Waals surface area contributed by atoms with Gasteiger partial charge in [-0.3, -0.25) is 4.90 Å². The van der Waals surface area contributed by atoms with Gasteiger partial charge in [0, 0.05) is 19.1 Å². The summed E-state index contributed by atoms with van der Waals surface area (Å²) in [4.78, 5) is 2.64. The summed E-state index contributed by atoms with van der Waals surface area (Å²) in [6.45, 7) is 8.63. The molecule has 0 bridgehead atoms. The minimum absolute atomic E-state index is 0.00374. The summed E-state index contributed by atoms with van der Waals surface area (Å²) in [5, 5.41) is 64.1. The summed E-state index contributed by atoms with van der Waals surface area (Å²) < 4.78 is 11.8. The van der Waals surface area contributed by atoms with E-state index in [1.165, 1.54) is 19.3 Å². The van der Waals surface area contributed by atoms with Crippen molar-refractivity contribution < 1.29 is 40.1 Å². The van der Waals surface area contributed by atoms with E-state index in [9.17, 15) is 30.6 Å². The SMILES string of the molecule is CC1CCC2N(C1)CC1C3CC4C(CC(O)C5CC(OC6OC(CO)C(O)C(O)C6O)CCC54C)C3CCC1C2(C)O. The van der Waals surface area contributed by atoms with Gasteiger partial charge in [-0.05, 0) is 117 Å². The first-order chi connectivity index (χ1) is 19.9. The fraction of sp³-hybridized carbons (Fsp3) is 1.00. The van der Waals surface area contributed by atoms with Gasteiger partial charge in [-0.2, -0.15) is 0 Å². The van der Waals surface area contributed by atoms with E-state index in [0.717, 1.165) is 45.2 Å². The molecular weight excluding hydrogens is 538 g/mol. The molecule has 0 spiro atoms. The number of nitrogens with zero attached hydrogens (tertiary/aromatic N) is 1. The van der Waals surface area contributed by atoms with E-state index < -0.39 is 49.0 Å². The normalized spacial score (nSPS) is 59.6. The van der Waals surface area contributed by atoms with E-state index in [0.29, 0.717) is 47.8 Å². The Hall–Kier alpha value is -0.360. The van der Waals surface area contributed by atoms with Crippen molar-refractivity contribution in [2.24, 2.45) is 52.8 Å². The summed E-state index contributed by atoms with van der Waals surface area (Å²) in [7, 11) is 0. The van der Waals surface area contributed by atoms with Crippen molar-refractivity contribution in [3.8, 4) is 0 Å². The third-order valence-corrected chi connectivity index (χ3v) is 14.2. The molecule has 3 aliphatic heterocycles. The third kappa shape index (κ3) is 4.58. The molecular formula is C33H55NO8. The lowest BCUT2D eigenvalue weighted by atomic mass is 9.51. The number of rotatable bonds is 3. The molecule has 4 saturated carbocycles. The second-order valence-corrected chi connectivity index (χ2v) is 16.2. The monoisotopic (exact) mass is 593 g/mol. The topological polar surface area (TPSA) is 143 Å². The maximum absolute atomic E-state index is 12.0. The summed E-state index contributed by atoms with van der Waals surface area (Å²) in [5.41, 5.74) is -0.628. The average Bonchev–Trinajstić information content (AvgIpc) is 3.33. The zero-order valence-electron chi connectivity index (χ0n) is 25.7. The van der Waals surface area contributed by atoms with Crippen LogP contribution in [0.1, 0.15) is 78.6 Å². The van der Waals surface area contributed by atoms with Gasteiger partial charge in [0.25, 0.3) is 0 Å². The number of aliphatic hydroxyl groups excluding tert-OH is 5. The minimum Gasteiger partial charge on any atom is -0.394 e. The van der Waals surface area contributed by atoms with Crippen LogP contribution in [-0.4, -0.2) is 110 Å². The predicted molar refractivity (Wildman–Crippen MR) is 154 cm³/mol. The van der Waals surface area contributed by atoms with Crippen LogP contribution in [0.5, 0.6) is 0 Å². The van der Waals surface area contributed by atoms with Gasteiger partial charge < -0.3 is 40.1 Å². The van der Waals surface area contributed by atoms with Crippen LogP contribution in [0.2, 0.25) is 0 Å². The molecule has 0 aromatic rings. The quantitative estimate of drug-likeness (QED) is 0.269. The maximum Gasteiger partial charge on any atom is 0.186 e. The molecule has 7 rings (SSSR count). The van der Waals surface area contributed by atoms with E-state index >= 15 is 0 Å². The van der Waals surface area contributed by atoms with Gasteiger partial charge in [0.1, 0.15) is 24.4 Å². The molecule has 18 atom stereocenters. The molecule has 240 valence electrons. The molecule has 7 fully saturated rings. The lowest BCUT2D eigenvalue weighted by molar-refractivity contribution is -0.317. The summed E-state index contributed by atoms with van der Waals surface area (Å²) >= 11 is 0. The van der Waals surface area contributed by atoms with Crippen LogP contribution in [0.4, 0.5) is 0 Å². The molecule has 4 aliphatic carbocycles. The van der Waals surface area contributed by atoms with Crippen molar-refractivity contribution in [3.63, 3.8) is 0 Å². The number of hydrogen-bond acceptors (Lipinski definition) is 9. The molecule has 3 heterocycles. The van der Waals surface area contributed by atoms with Gasteiger partial charge in [-0.1, -0.05) is 13.8 Å². The van der Waals surface area contributed by atoms with Crippen LogP contribution in [0.15, 0.2) is 0 Å². The van der Waals surface area contributed by atoms with E-state index in [1.54, 1.807) is 0 Å². The van der Waals surface area contributed by atoms with Crippen LogP contribution in [0.3, 0.4) is 0 Å². The first-order valence-electron chi connectivity index (χ1n) is 17.0. The highest BCUT2D eigenvalue weighted by Gasteiger charge is 2.64. The maximum atomic E-state index is 12.0. The Bertz CT molecular complexity index is 995. The molecule has 42 heavy (non-hydrogen) atoms. The minimum atomic E-state index is -1.45. The van der Waals surface area contributed by atoms with Gasteiger partial charge in [-0.15, -0.1) is 0 Å². The molecule has 0 aromatic heterocycles. The van der Waals surface area contributed by atoms with Crippen LogP contribution in [0.25, 0.3) is 0 Å². The van der Waals surface area contributed by atoms with Crippen molar-refractivity contribution >= 4 is 0 Å². The Morgan fingerprint density at radius 3 is 2.33 bits per heavy atom. The standard InChI is InChI=1S/C33H55NO8/c1-16-4-7-27-33(3,40)22-6-5-18-19(21(22)14-34(27)13-16)11-23-20(18)12-25(36)24-10-17(8-9-32(23,24)2)41-31-30(39)29(38)28(37)26(15-35)42-31/h16-31,35-40H,4-15H2,1-3H3. The predicted octanol–water partition coefficient (Wildman–Crippen LogP) is 1.50. The smallest absolute Gasteiger partial charge is 0.186 e. The molecule has 9 heteroatoms. The van der Waals surface area contributed by atoms with Crippen LogP contribution in [-0.2, 0) is 9.47 Å². The number of ether oxygens (including phenoxy) is 2. The summed E-state index contributed by atoms with van der Waals surface area (Å²) in [6.07, 6.45) is 1.96. The fourth-order valence-corrected chi connectivity index (χ4v) is 12.1. The van der Waals surface area contributed by atoms with Crippen molar-refractivity contribution in [2.45, 2.75) is 133 Å². The molecule has 18 unspecified atom stereocenters. The molecule has 3 saturated heterocycles. The van der Waals surface area contributed by atoms with E-state index in [-0.39, 0.29) is 23.5 Å². The molecule has 7 aliphatic rings. The van der Waals surface area contributed by atoms with E-state index in [4.69, 9.17) is 9.47 Å². The average molecular weight is 594 g/mol. The highest BCUT2D eigenvalue weighted by molar-refractivity contribution is 5.14. The van der Waals surface area contributed by atoms with Crippen molar-refractivity contribution in [1.82, 2.24) is 4.90 Å². The highest BCUT2D eigenvalue weighted by atomic mass is 16.7. The molecule has 9 nitrogen and oxygen atoms in total. The number of fused-ring (bicyclic) bond motifs is 8. The van der Waals surface area contributed by atoms with Gasteiger partial charge in [0.05, 0.1) is 24.4 Å². The van der Waals surface area contributed by atoms with E-state index in [1.807, 2.05) is 0 Å². The Balaban J connectivity index is 1.07. The zero-order valence-corrected chi connectivity index (χ0v) is 25.7. The van der Waals surface area contributed by atoms with Crippen molar-refractivity contribution in [3.05, 3.63) is 0 Å². The van der Waals surface area contributed by atoms with Crippen molar-refractivity contribution in [2.75, 3.05) is 19.7 Å². The largest absolute Gasteiger partial charge is 0.394 e. The van der Waals surface area contributed by atoms with Gasteiger partial charge in [-0.25, -0.2) is 0 Å². The van der Waals surface area contributed by atoms with Crippen LogP contribution < -0.4 is 0 Å². The lowest BCUT2D eigenvalue weighted by Gasteiger charge is -2.60. The molecule has 0 aromatic carbocycles. The van der Waals surface area contributed by atoms with Gasteiger partial charge >= 0.3 is 0 Å². The van der Waals surface area contributed by atoms with Crippen molar-refractivity contribution in [1.29, 1.82) is 0 Å². The van der Waals surface area contributed by atoms with Crippen LogP contribution in [0, 0.1) is 52.8 Å². The molecule has 6 N–H and O–H groups in total. The summed E-state index contributed by atoms with van der Waals surface area (Å²) in [6, 6.07) is 0.290. The Morgan fingerprint density at radius 2 is 1.57 bits per heavy atom. The fourth-order valence-electron chi connectivity index (χ4n) is 12.1. The number of aliphatic hydroxyl groups is 6. The second-order valence-electron chi connectivity index (χ2n) is 16.2. The number of piperidine rings is 2. The Kier molecular flexibility index (Phi) is 7.84. The lowest BCUT2D eigenvalue weighted by Crippen LogP contribution is -2.67. The number of hydrogen-bond donors (Lipinski definition) is 6. The van der Waals surface area contributed by atoms with Gasteiger partial charge in [0.2, 0.25) is 0 Å². The van der Waals surface area contributed by atoms with Crippen LogP contribution >= 0.6 is 0 Å².